The summed E-state index contributed by atoms with van der Waals surface area (Å²) in [5.41, 5.74) is 5.29. The molecular formula is C10H5Cl2F4N3. The highest BCUT2D eigenvalue weighted by Crippen LogP contribution is 2.36. The van der Waals surface area contributed by atoms with E-state index >= 15 is 0 Å². The summed E-state index contributed by atoms with van der Waals surface area (Å²) in [7, 11) is 0. The first-order chi connectivity index (χ1) is 8.73. The van der Waals surface area contributed by atoms with E-state index in [9.17, 15) is 17.6 Å². The van der Waals surface area contributed by atoms with Gasteiger partial charge in [-0.05, 0) is 12.1 Å². The molecule has 2 N–H and O–H groups in total. The number of halogens is 6. The number of nitrogens with zero attached hydrogens (tertiary/aromatic N) is 2. The number of nitrogen functional groups attached to an aromatic ring is 1. The summed E-state index contributed by atoms with van der Waals surface area (Å²) in [6.07, 6.45) is -3.95. The summed E-state index contributed by atoms with van der Waals surface area (Å²) in [6.45, 7) is 0. The van der Waals surface area contributed by atoms with Crippen LogP contribution >= 0.6 is 23.2 Å². The van der Waals surface area contributed by atoms with E-state index in [4.69, 9.17) is 28.9 Å². The van der Waals surface area contributed by atoms with Gasteiger partial charge in [0.2, 0.25) is 5.82 Å². The Morgan fingerprint density at radius 2 is 1.79 bits per heavy atom. The lowest BCUT2D eigenvalue weighted by Crippen LogP contribution is -2.27. The molecular weight excluding hydrogens is 309 g/mol. The molecule has 0 fully saturated rings. The first-order valence-corrected chi connectivity index (χ1v) is 5.57. The van der Waals surface area contributed by atoms with E-state index in [0.29, 0.717) is 0 Å². The van der Waals surface area contributed by atoms with Gasteiger partial charge in [0.05, 0.1) is 10.5 Å². The van der Waals surface area contributed by atoms with Crippen molar-refractivity contribution in [2.45, 2.75) is 12.3 Å². The number of nitrogens with two attached hydrogens (primary N) is 1. The van der Waals surface area contributed by atoms with Gasteiger partial charge in [0, 0.05) is 10.4 Å². The second-order valence-electron chi connectivity index (χ2n) is 3.64. The smallest absolute Gasteiger partial charge is 0.365 e. The van der Waals surface area contributed by atoms with Crippen LogP contribution in [0.25, 0.3) is 10.9 Å². The quantitative estimate of drug-likeness (QED) is 0.856. The van der Waals surface area contributed by atoms with Crippen LogP contribution < -0.4 is 5.73 Å². The van der Waals surface area contributed by atoms with Crippen LogP contribution in [0.5, 0.6) is 0 Å². The van der Waals surface area contributed by atoms with Crippen molar-refractivity contribution in [1.29, 1.82) is 0 Å². The van der Waals surface area contributed by atoms with Crippen LogP contribution in [0.1, 0.15) is 5.82 Å². The maximum Gasteiger partial charge on any atom is 0.365 e. The molecule has 3 nitrogen and oxygen atoms in total. The van der Waals surface area contributed by atoms with Crippen LogP contribution in [0.2, 0.25) is 10.0 Å². The standard InChI is InChI=1S/C10H5Cl2F4N3/c11-3-1-4-6(5(12)2-3)18-9(19-7(4)17)10(15,16)8(13)14/h1-2,8H,(H2,17,18,19). The van der Waals surface area contributed by atoms with Crippen LogP contribution in [0.3, 0.4) is 0 Å². The Morgan fingerprint density at radius 1 is 1.16 bits per heavy atom. The molecule has 0 atom stereocenters. The van der Waals surface area contributed by atoms with Crippen molar-refractivity contribution < 1.29 is 17.6 Å². The Balaban J connectivity index is 2.76. The van der Waals surface area contributed by atoms with Crippen LogP contribution in [0.4, 0.5) is 23.4 Å². The predicted molar refractivity (Wildman–Crippen MR) is 63.9 cm³/mol. The third-order valence-corrected chi connectivity index (χ3v) is 2.83. The topological polar surface area (TPSA) is 51.8 Å². The van der Waals surface area contributed by atoms with Crippen LogP contribution in [0, 0.1) is 0 Å². The van der Waals surface area contributed by atoms with Gasteiger partial charge in [0.15, 0.2) is 0 Å². The Morgan fingerprint density at radius 3 is 2.37 bits per heavy atom. The zero-order valence-electron chi connectivity index (χ0n) is 8.97. The van der Waals surface area contributed by atoms with Crippen molar-refractivity contribution in [1.82, 2.24) is 9.97 Å². The van der Waals surface area contributed by atoms with E-state index in [0.717, 1.165) is 0 Å². The van der Waals surface area contributed by atoms with Crippen LogP contribution in [-0.2, 0) is 5.92 Å². The molecule has 0 saturated carbocycles. The Kier molecular flexibility index (Phi) is 3.44. The molecule has 0 aliphatic heterocycles. The first kappa shape index (κ1) is 14.1. The minimum Gasteiger partial charge on any atom is -0.383 e. The summed E-state index contributed by atoms with van der Waals surface area (Å²) >= 11 is 11.5. The average molecular weight is 314 g/mol. The Bertz CT molecular complexity index is 648. The number of hydrogen-bond donors (Lipinski definition) is 1. The van der Waals surface area contributed by atoms with Crippen molar-refractivity contribution in [3.05, 3.63) is 28.0 Å². The van der Waals surface area contributed by atoms with E-state index in [1.165, 1.54) is 12.1 Å². The van der Waals surface area contributed by atoms with Gasteiger partial charge in [-0.2, -0.15) is 8.78 Å². The first-order valence-electron chi connectivity index (χ1n) is 4.82. The molecule has 0 amide bonds. The fourth-order valence-corrected chi connectivity index (χ4v) is 1.96. The minimum absolute atomic E-state index is 0.0806. The monoisotopic (exact) mass is 313 g/mol. The fraction of sp³-hybridized carbons (Fsp3) is 0.200. The van der Waals surface area contributed by atoms with Gasteiger partial charge in [-0.1, -0.05) is 23.2 Å². The van der Waals surface area contributed by atoms with Gasteiger partial charge < -0.3 is 5.73 Å². The zero-order chi connectivity index (χ0) is 14.4. The SMILES string of the molecule is Nc1nc(C(F)(F)C(F)F)nc2c(Cl)cc(Cl)cc12. The van der Waals surface area contributed by atoms with E-state index < -0.39 is 24.0 Å². The second kappa shape index (κ2) is 4.64. The lowest BCUT2D eigenvalue weighted by molar-refractivity contribution is -0.140. The average Bonchev–Trinajstić information content (AvgIpc) is 2.29. The molecule has 102 valence electrons. The van der Waals surface area contributed by atoms with E-state index in [-0.39, 0.29) is 20.9 Å². The molecule has 0 unspecified atom stereocenters. The molecule has 19 heavy (non-hydrogen) atoms. The highest BCUT2D eigenvalue weighted by atomic mass is 35.5. The molecule has 2 rings (SSSR count). The van der Waals surface area contributed by atoms with Gasteiger partial charge in [0.25, 0.3) is 0 Å². The van der Waals surface area contributed by atoms with Crippen molar-refractivity contribution in [2.24, 2.45) is 0 Å². The van der Waals surface area contributed by atoms with Gasteiger partial charge in [-0.15, -0.1) is 0 Å². The number of anilines is 1. The third kappa shape index (κ3) is 2.40. The van der Waals surface area contributed by atoms with Crippen molar-refractivity contribution in [2.75, 3.05) is 5.73 Å². The molecule has 0 spiro atoms. The maximum absolute atomic E-state index is 13.2. The summed E-state index contributed by atoms with van der Waals surface area (Å²) < 4.78 is 50.9. The molecule has 1 heterocycles. The summed E-state index contributed by atoms with van der Waals surface area (Å²) in [5.74, 6) is -6.29. The normalized spacial score (nSPS) is 12.4. The lowest BCUT2D eigenvalue weighted by Gasteiger charge is -2.15. The van der Waals surface area contributed by atoms with Crippen molar-refractivity contribution >= 4 is 39.9 Å². The second-order valence-corrected chi connectivity index (χ2v) is 4.48. The van der Waals surface area contributed by atoms with Crippen LogP contribution in [0.15, 0.2) is 12.1 Å². The molecule has 9 heteroatoms. The van der Waals surface area contributed by atoms with Gasteiger partial charge in [-0.25, -0.2) is 18.7 Å². The molecule has 0 aliphatic carbocycles. The lowest BCUT2D eigenvalue weighted by atomic mass is 10.2. The van der Waals surface area contributed by atoms with Gasteiger partial charge >= 0.3 is 12.3 Å². The maximum atomic E-state index is 13.2. The minimum atomic E-state index is -4.51. The molecule has 1 aromatic heterocycles. The molecule has 0 radical (unpaired) electrons. The van der Waals surface area contributed by atoms with Crippen molar-refractivity contribution in [3.63, 3.8) is 0 Å². The Labute approximate surface area is 114 Å². The fourth-order valence-electron chi connectivity index (χ4n) is 1.43. The summed E-state index contributed by atoms with van der Waals surface area (Å²) in [5, 5.41) is 0.232. The molecule has 0 aliphatic rings. The summed E-state index contributed by atoms with van der Waals surface area (Å²) in [4.78, 5) is 6.55. The van der Waals surface area contributed by atoms with Crippen LogP contribution in [-0.4, -0.2) is 16.4 Å². The molecule has 1 aromatic carbocycles. The number of fused-ring (bicyclic) bond motifs is 1. The number of rotatable bonds is 2. The third-order valence-electron chi connectivity index (χ3n) is 2.32. The highest BCUT2D eigenvalue weighted by Gasteiger charge is 2.46. The summed E-state index contributed by atoms with van der Waals surface area (Å²) in [6, 6.07) is 2.55. The number of alkyl halides is 4. The molecule has 0 saturated heterocycles. The van der Waals surface area contributed by atoms with Gasteiger partial charge in [0.1, 0.15) is 5.82 Å². The number of hydrogen-bond acceptors (Lipinski definition) is 3. The predicted octanol–water partition coefficient (Wildman–Crippen LogP) is 3.88. The highest BCUT2D eigenvalue weighted by molar-refractivity contribution is 6.38. The molecule has 0 bridgehead atoms. The van der Waals surface area contributed by atoms with E-state index in [2.05, 4.69) is 9.97 Å². The van der Waals surface area contributed by atoms with Gasteiger partial charge in [-0.3, -0.25) is 0 Å². The van der Waals surface area contributed by atoms with Crippen molar-refractivity contribution in [3.8, 4) is 0 Å². The largest absolute Gasteiger partial charge is 0.383 e. The Hall–Kier alpha value is -1.34. The zero-order valence-corrected chi connectivity index (χ0v) is 10.5. The molecule has 2 aromatic rings. The van der Waals surface area contributed by atoms with E-state index in [1.54, 1.807) is 0 Å². The van der Waals surface area contributed by atoms with E-state index in [1.807, 2.05) is 0 Å². The number of aromatic nitrogens is 2. The number of benzene rings is 1.